The first-order chi connectivity index (χ1) is 8.41. The number of nitrogens with one attached hydrogen (secondary N) is 2. The lowest BCUT2D eigenvalue weighted by Gasteiger charge is -2.11. The summed E-state index contributed by atoms with van der Waals surface area (Å²) in [4.78, 5) is 11.5. The number of amides is 1. The van der Waals surface area contributed by atoms with Gasteiger partial charge in [0.25, 0.3) is 0 Å². The molecule has 0 spiro atoms. The number of halogens is 3. The van der Waals surface area contributed by atoms with Crippen molar-refractivity contribution in [3.63, 3.8) is 0 Å². The van der Waals surface area contributed by atoms with Crippen molar-refractivity contribution in [1.82, 2.24) is 5.32 Å². The van der Waals surface area contributed by atoms with Gasteiger partial charge in [0.05, 0.1) is 22.3 Å². The van der Waals surface area contributed by atoms with E-state index in [1.165, 1.54) is 0 Å². The van der Waals surface area contributed by atoms with Crippen LogP contribution in [0.25, 0.3) is 0 Å². The molecule has 0 bridgehead atoms. The van der Waals surface area contributed by atoms with Crippen molar-refractivity contribution in [3.8, 4) is 0 Å². The standard InChI is InChI=1S/C12H15BrCl2N2O/c1-7(2)5-17-10(18)6-16-9-4-3-8(13)11(14)12(9)15/h3-4,7,16H,5-6H2,1-2H3,(H,17,18). The van der Waals surface area contributed by atoms with E-state index in [4.69, 9.17) is 23.2 Å². The summed E-state index contributed by atoms with van der Waals surface area (Å²) >= 11 is 15.3. The highest BCUT2D eigenvalue weighted by Crippen LogP contribution is 2.35. The molecule has 2 N–H and O–H groups in total. The highest BCUT2D eigenvalue weighted by atomic mass is 79.9. The third kappa shape index (κ3) is 4.67. The Morgan fingerprint density at radius 2 is 2.00 bits per heavy atom. The van der Waals surface area contributed by atoms with E-state index < -0.39 is 0 Å². The SMILES string of the molecule is CC(C)CNC(=O)CNc1ccc(Br)c(Cl)c1Cl. The quantitative estimate of drug-likeness (QED) is 0.787. The Morgan fingerprint density at radius 3 is 2.61 bits per heavy atom. The van der Waals surface area contributed by atoms with Crippen LogP contribution in [-0.2, 0) is 4.79 Å². The summed E-state index contributed by atoms with van der Waals surface area (Å²) in [7, 11) is 0. The van der Waals surface area contributed by atoms with E-state index in [9.17, 15) is 4.79 Å². The normalized spacial score (nSPS) is 10.6. The molecule has 0 aliphatic carbocycles. The molecular weight excluding hydrogens is 339 g/mol. The van der Waals surface area contributed by atoms with E-state index in [1.54, 1.807) is 12.1 Å². The molecule has 6 heteroatoms. The molecule has 0 aliphatic rings. The van der Waals surface area contributed by atoms with Gasteiger partial charge in [-0.2, -0.15) is 0 Å². The third-order valence-corrected chi connectivity index (χ3v) is 3.95. The molecule has 0 saturated heterocycles. The second-order valence-electron chi connectivity index (χ2n) is 4.27. The van der Waals surface area contributed by atoms with Crippen LogP contribution in [0.4, 0.5) is 5.69 Å². The number of rotatable bonds is 5. The zero-order valence-electron chi connectivity index (χ0n) is 10.2. The fourth-order valence-electron chi connectivity index (χ4n) is 1.22. The summed E-state index contributed by atoms with van der Waals surface area (Å²) in [5.74, 6) is 0.360. The zero-order valence-corrected chi connectivity index (χ0v) is 13.3. The predicted molar refractivity (Wildman–Crippen MR) is 80.5 cm³/mol. The van der Waals surface area contributed by atoms with E-state index in [-0.39, 0.29) is 12.5 Å². The minimum Gasteiger partial charge on any atom is -0.375 e. The van der Waals surface area contributed by atoms with Crippen LogP contribution in [0, 0.1) is 5.92 Å². The van der Waals surface area contributed by atoms with Crippen LogP contribution in [0.15, 0.2) is 16.6 Å². The number of carbonyl (C=O) groups excluding carboxylic acids is 1. The third-order valence-electron chi connectivity index (χ3n) is 2.18. The molecule has 1 rings (SSSR count). The maximum absolute atomic E-state index is 11.5. The highest BCUT2D eigenvalue weighted by molar-refractivity contribution is 9.10. The lowest BCUT2D eigenvalue weighted by molar-refractivity contribution is -0.119. The van der Waals surface area contributed by atoms with Gasteiger partial charge in [-0.1, -0.05) is 37.0 Å². The van der Waals surface area contributed by atoms with E-state index in [2.05, 4.69) is 26.6 Å². The molecule has 0 heterocycles. The average molecular weight is 354 g/mol. The predicted octanol–water partition coefficient (Wildman–Crippen LogP) is 3.94. The molecule has 0 aromatic heterocycles. The van der Waals surface area contributed by atoms with Crippen molar-refractivity contribution in [3.05, 3.63) is 26.7 Å². The second kappa shape index (κ2) is 7.22. The van der Waals surface area contributed by atoms with Crippen LogP contribution in [0.1, 0.15) is 13.8 Å². The number of hydrogen-bond acceptors (Lipinski definition) is 2. The Balaban J connectivity index is 2.54. The monoisotopic (exact) mass is 352 g/mol. The minimum absolute atomic E-state index is 0.0705. The van der Waals surface area contributed by atoms with Crippen molar-refractivity contribution < 1.29 is 4.79 Å². The molecule has 0 fully saturated rings. The Hall–Kier alpha value is -0.450. The van der Waals surface area contributed by atoms with Gasteiger partial charge >= 0.3 is 0 Å². The number of benzene rings is 1. The fourth-order valence-corrected chi connectivity index (χ4v) is 2.06. The van der Waals surface area contributed by atoms with Crippen LogP contribution in [0.3, 0.4) is 0 Å². The molecule has 0 atom stereocenters. The molecular formula is C12H15BrCl2N2O. The smallest absolute Gasteiger partial charge is 0.239 e. The minimum atomic E-state index is -0.0705. The van der Waals surface area contributed by atoms with Crippen LogP contribution >= 0.6 is 39.1 Å². The van der Waals surface area contributed by atoms with Crippen molar-refractivity contribution >= 4 is 50.7 Å². The summed E-state index contributed by atoms with van der Waals surface area (Å²) in [6, 6.07) is 3.55. The molecule has 18 heavy (non-hydrogen) atoms. The molecule has 1 aromatic rings. The molecule has 0 unspecified atom stereocenters. The number of carbonyl (C=O) groups is 1. The van der Waals surface area contributed by atoms with E-state index in [0.717, 1.165) is 4.47 Å². The first-order valence-electron chi connectivity index (χ1n) is 5.56. The van der Waals surface area contributed by atoms with Crippen molar-refractivity contribution in [2.75, 3.05) is 18.4 Å². The molecule has 1 amide bonds. The van der Waals surface area contributed by atoms with Crippen LogP contribution < -0.4 is 10.6 Å². The Kier molecular flexibility index (Phi) is 6.26. The van der Waals surface area contributed by atoms with E-state index in [0.29, 0.717) is 28.2 Å². The molecule has 0 aliphatic heterocycles. The summed E-state index contributed by atoms with van der Waals surface area (Å²) in [6.07, 6.45) is 0. The van der Waals surface area contributed by atoms with Crippen molar-refractivity contribution in [2.24, 2.45) is 5.92 Å². The lowest BCUT2D eigenvalue weighted by atomic mass is 10.2. The maximum atomic E-state index is 11.5. The zero-order chi connectivity index (χ0) is 13.7. The summed E-state index contributed by atoms with van der Waals surface area (Å²) in [6.45, 7) is 4.91. The van der Waals surface area contributed by atoms with Gasteiger partial charge in [-0.05, 0) is 34.0 Å². The van der Waals surface area contributed by atoms with Gasteiger partial charge in [0.2, 0.25) is 5.91 Å². The summed E-state index contributed by atoms with van der Waals surface area (Å²) < 4.78 is 0.726. The fraction of sp³-hybridized carbons (Fsp3) is 0.417. The van der Waals surface area contributed by atoms with Gasteiger partial charge in [-0.25, -0.2) is 0 Å². The van der Waals surface area contributed by atoms with Gasteiger partial charge < -0.3 is 10.6 Å². The molecule has 1 aromatic carbocycles. The van der Waals surface area contributed by atoms with Gasteiger partial charge in [-0.3, -0.25) is 4.79 Å². The molecule has 3 nitrogen and oxygen atoms in total. The van der Waals surface area contributed by atoms with Crippen molar-refractivity contribution in [2.45, 2.75) is 13.8 Å². The summed E-state index contributed by atoms with van der Waals surface area (Å²) in [5, 5.41) is 6.61. The van der Waals surface area contributed by atoms with Gasteiger partial charge in [0, 0.05) is 11.0 Å². The van der Waals surface area contributed by atoms with Gasteiger partial charge in [0.15, 0.2) is 0 Å². The maximum Gasteiger partial charge on any atom is 0.239 e. The van der Waals surface area contributed by atoms with E-state index >= 15 is 0 Å². The molecule has 100 valence electrons. The Morgan fingerprint density at radius 1 is 1.33 bits per heavy atom. The van der Waals surface area contributed by atoms with Crippen LogP contribution in [0.2, 0.25) is 10.0 Å². The average Bonchev–Trinajstić information content (AvgIpc) is 2.32. The van der Waals surface area contributed by atoms with Crippen LogP contribution in [0.5, 0.6) is 0 Å². The van der Waals surface area contributed by atoms with Crippen LogP contribution in [-0.4, -0.2) is 19.0 Å². The molecule has 0 saturated carbocycles. The largest absolute Gasteiger partial charge is 0.375 e. The highest BCUT2D eigenvalue weighted by Gasteiger charge is 2.09. The second-order valence-corrected chi connectivity index (χ2v) is 5.88. The summed E-state index contributed by atoms with van der Waals surface area (Å²) in [5.41, 5.74) is 0.643. The topological polar surface area (TPSA) is 41.1 Å². The lowest BCUT2D eigenvalue weighted by Crippen LogP contribution is -2.32. The van der Waals surface area contributed by atoms with Crippen molar-refractivity contribution in [1.29, 1.82) is 0 Å². The Labute approximate surface area is 125 Å². The van der Waals surface area contributed by atoms with E-state index in [1.807, 2.05) is 13.8 Å². The number of hydrogen-bond donors (Lipinski definition) is 2. The first-order valence-corrected chi connectivity index (χ1v) is 7.10. The molecule has 0 radical (unpaired) electrons. The Bertz CT molecular complexity index is 438. The van der Waals surface area contributed by atoms with Gasteiger partial charge in [0.1, 0.15) is 0 Å². The number of anilines is 1. The first kappa shape index (κ1) is 15.6. The van der Waals surface area contributed by atoms with Gasteiger partial charge in [-0.15, -0.1) is 0 Å².